The first-order valence-electron chi connectivity index (χ1n) is 20.4. The summed E-state index contributed by atoms with van der Waals surface area (Å²) in [6.45, 7) is 9.36. The van der Waals surface area contributed by atoms with E-state index in [0.717, 1.165) is 22.9 Å². The van der Waals surface area contributed by atoms with Crippen LogP contribution in [0.2, 0.25) is 0 Å². The summed E-state index contributed by atoms with van der Waals surface area (Å²) in [7, 11) is -2.92. The van der Waals surface area contributed by atoms with Crippen LogP contribution in [0.25, 0.3) is 0 Å². The van der Waals surface area contributed by atoms with Gasteiger partial charge in [-0.05, 0) is 79.4 Å². The highest BCUT2D eigenvalue weighted by atomic mass is 28.3. The predicted molar refractivity (Wildman–Crippen MR) is 244 cm³/mol. The van der Waals surface area contributed by atoms with Crippen LogP contribution >= 0.6 is 0 Å². The molecule has 0 atom stereocenters. The number of nitrogens with zero attached hydrogens (tertiary/aromatic N) is 2. The lowest BCUT2D eigenvalue weighted by molar-refractivity contribution is 0.487. The second-order valence-electron chi connectivity index (χ2n) is 16.9. The van der Waals surface area contributed by atoms with Gasteiger partial charge in [0, 0.05) is 34.3 Å². The van der Waals surface area contributed by atoms with Gasteiger partial charge in [0.05, 0.1) is 22.7 Å². The van der Waals surface area contributed by atoms with Gasteiger partial charge in [0.1, 0.15) is 11.5 Å². The Labute approximate surface area is 342 Å². The second kappa shape index (κ2) is 12.7. The van der Waals surface area contributed by atoms with Gasteiger partial charge in [0.25, 0.3) is 0 Å². The van der Waals surface area contributed by atoms with E-state index >= 15 is 0 Å². The molecule has 0 saturated heterocycles. The summed E-state index contributed by atoms with van der Waals surface area (Å²) >= 11 is 0. The first kappa shape index (κ1) is 34.6. The molecule has 4 heteroatoms. The summed E-state index contributed by atoms with van der Waals surface area (Å²) in [5.41, 5.74) is 11.9. The summed E-state index contributed by atoms with van der Waals surface area (Å²) < 4.78 is 7.35. The molecule has 3 aliphatic rings. The van der Waals surface area contributed by atoms with Crippen molar-refractivity contribution in [1.29, 1.82) is 0 Å². The van der Waals surface area contributed by atoms with Crippen LogP contribution in [-0.4, -0.2) is 8.07 Å². The highest BCUT2D eigenvalue weighted by Crippen LogP contribution is 2.54. The predicted octanol–water partition coefficient (Wildman–Crippen LogP) is 11.4. The molecular formula is C54H44N2OSi. The Bertz CT molecular complexity index is 2600. The van der Waals surface area contributed by atoms with Crippen LogP contribution in [0.15, 0.2) is 194 Å². The van der Waals surface area contributed by atoms with Crippen molar-refractivity contribution in [2.75, 3.05) is 9.80 Å². The van der Waals surface area contributed by atoms with Crippen LogP contribution in [0.1, 0.15) is 49.9 Å². The van der Waals surface area contributed by atoms with Crippen molar-refractivity contribution < 1.29 is 4.74 Å². The third-order valence-corrected chi connectivity index (χ3v) is 18.0. The van der Waals surface area contributed by atoms with Crippen molar-refractivity contribution in [2.24, 2.45) is 0 Å². The molecule has 0 aromatic heterocycles. The SMILES string of the molecule is CC1(C)c2ccccc2N(c2ccc3c(c2)Oc2cc(N4c5ccccc5C(C)(C)c5ccccc54)ccc2[Si]3(c2ccccc2)c2ccccc2)c2ccccc21. The summed E-state index contributed by atoms with van der Waals surface area (Å²) in [6, 6.07) is 71.8. The van der Waals surface area contributed by atoms with E-state index in [2.05, 4.69) is 232 Å². The molecule has 0 spiro atoms. The molecule has 3 nitrogen and oxygen atoms in total. The monoisotopic (exact) mass is 764 g/mol. The number of benzene rings is 8. The minimum atomic E-state index is -2.92. The number of hydrogen-bond donors (Lipinski definition) is 0. The van der Waals surface area contributed by atoms with E-state index in [0.29, 0.717) is 0 Å². The molecule has 0 bridgehead atoms. The largest absolute Gasteiger partial charge is 0.457 e. The van der Waals surface area contributed by atoms with Gasteiger partial charge in [0.15, 0.2) is 8.07 Å². The van der Waals surface area contributed by atoms with Crippen molar-refractivity contribution in [1.82, 2.24) is 0 Å². The fourth-order valence-electron chi connectivity index (χ4n) is 10.4. The molecule has 0 aliphatic carbocycles. The topological polar surface area (TPSA) is 15.7 Å². The number of anilines is 6. The molecule has 0 N–H and O–H groups in total. The van der Waals surface area contributed by atoms with Crippen molar-refractivity contribution >= 4 is 62.9 Å². The maximum atomic E-state index is 7.35. The van der Waals surface area contributed by atoms with E-state index in [1.807, 2.05) is 0 Å². The van der Waals surface area contributed by atoms with Crippen LogP contribution < -0.4 is 35.3 Å². The number of ether oxygens (including phenoxy) is 1. The van der Waals surface area contributed by atoms with Gasteiger partial charge < -0.3 is 14.5 Å². The standard InChI is InChI=1S/C54H44N2OSi/c1-53(2)41-23-11-15-27-45(41)55(46-28-16-12-24-42(46)53)37-31-33-51-49(35-37)57-50-36-38(56-47-29-17-13-25-43(47)54(3,4)44-26-14-18-30-48(44)56)32-34-52(50)58(51,39-19-7-5-8-20-39)40-21-9-6-10-22-40/h5-36H,1-4H3. The minimum Gasteiger partial charge on any atom is -0.457 e. The highest BCUT2D eigenvalue weighted by Gasteiger charge is 2.49. The maximum absolute atomic E-state index is 7.35. The average molecular weight is 765 g/mol. The molecular weight excluding hydrogens is 721 g/mol. The molecule has 280 valence electrons. The molecule has 11 rings (SSSR count). The zero-order valence-electron chi connectivity index (χ0n) is 33.3. The zero-order valence-corrected chi connectivity index (χ0v) is 34.3. The lowest BCUT2D eigenvalue weighted by Gasteiger charge is -2.44. The summed E-state index contributed by atoms with van der Waals surface area (Å²) in [6.07, 6.45) is 0. The molecule has 3 aliphatic heterocycles. The molecule has 0 saturated carbocycles. The van der Waals surface area contributed by atoms with Crippen LogP contribution in [0.4, 0.5) is 34.1 Å². The minimum absolute atomic E-state index is 0.146. The number of para-hydroxylation sites is 4. The lowest BCUT2D eigenvalue weighted by Crippen LogP contribution is -2.76. The smallest absolute Gasteiger partial charge is 0.188 e. The van der Waals surface area contributed by atoms with Gasteiger partial charge in [-0.15, -0.1) is 0 Å². The zero-order chi connectivity index (χ0) is 39.2. The van der Waals surface area contributed by atoms with Crippen molar-refractivity contribution in [3.05, 3.63) is 216 Å². The molecule has 0 amide bonds. The van der Waals surface area contributed by atoms with Gasteiger partial charge in [0.2, 0.25) is 0 Å². The summed E-state index contributed by atoms with van der Waals surface area (Å²) in [4.78, 5) is 4.87. The van der Waals surface area contributed by atoms with Gasteiger partial charge >= 0.3 is 0 Å². The van der Waals surface area contributed by atoms with E-state index in [9.17, 15) is 0 Å². The van der Waals surface area contributed by atoms with Crippen molar-refractivity contribution in [2.45, 2.75) is 38.5 Å². The summed E-state index contributed by atoms with van der Waals surface area (Å²) in [5, 5.41) is 5.17. The highest BCUT2D eigenvalue weighted by molar-refractivity contribution is 7.20. The molecule has 3 heterocycles. The Morgan fingerprint density at radius 3 is 1.02 bits per heavy atom. The Morgan fingerprint density at radius 2 is 0.672 bits per heavy atom. The van der Waals surface area contributed by atoms with Gasteiger partial charge in [-0.25, -0.2) is 0 Å². The van der Waals surface area contributed by atoms with E-state index in [-0.39, 0.29) is 10.8 Å². The van der Waals surface area contributed by atoms with Crippen molar-refractivity contribution in [3.63, 3.8) is 0 Å². The lowest BCUT2D eigenvalue weighted by atomic mass is 9.73. The quantitative estimate of drug-likeness (QED) is 0.166. The molecule has 0 fully saturated rings. The molecule has 0 unspecified atom stereocenters. The first-order valence-corrected chi connectivity index (χ1v) is 22.4. The van der Waals surface area contributed by atoms with E-state index in [1.165, 1.54) is 65.8 Å². The number of fused-ring (bicyclic) bond motifs is 6. The Hall–Kier alpha value is -6.62. The Morgan fingerprint density at radius 1 is 0.362 bits per heavy atom. The molecule has 8 aromatic rings. The Kier molecular flexibility index (Phi) is 7.57. The number of rotatable bonds is 4. The number of hydrogen-bond acceptors (Lipinski definition) is 3. The average Bonchev–Trinajstić information content (AvgIpc) is 3.26. The summed E-state index contributed by atoms with van der Waals surface area (Å²) in [5.74, 6) is 1.81. The Balaban J connectivity index is 1.16. The van der Waals surface area contributed by atoms with Gasteiger partial charge in [-0.3, -0.25) is 0 Å². The third-order valence-electron chi connectivity index (χ3n) is 13.2. The van der Waals surface area contributed by atoms with Crippen LogP contribution in [0.5, 0.6) is 11.5 Å². The van der Waals surface area contributed by atoms with E-state index in [1.54, 1.807) is 0 Å². The van der Waals surface area contributed by atoms with Crippen LogP contribution in [0, 0.1) is 0 Å². The molecule has 8 aromatic carbocycles. The van der Waals surface area contributed by atoms with E-state index < -0.39 is 8.07 Å². The van der Waals surface area contributed by atoms with Crippen LogP contribution in [-0.2, 0) is 10.8 Å². The normalized spacial score (nSPS) is 16.1. The second-order valence-corrected chi connectivity index (χ2v) is 20.7. The third kappa shape index (κ3) is 4.79. The van der Waals surface area contributed by atoms with Gasteiger partial charge in [-0.1, -0.05) is 173 Å². The fourth-order valence-corrected chi connectivity index (χ4v) is 15.3. The van der Waals surface area contributed by atoms with Crippen molar-refractivity contribution in [3.8, 4) is 11.5 Å². The molecule has 0 radical (unpaired) electrons. The fraction of sp³-hybridized carbons (Fsp3) is 0.111. The maximum Gasteiger partial charge on any atom is 0.188 e. The van der Waals surface area contributed by atoms with Gasteiger partial charge in [-0.2, -0.15) is 0 Å². The van der Waals surface area contributed by atoms with Crippen LogP contribution in [0.3, 0.4) is 0 Å². The first-order chi connectivity index (χ1) is 28.3. The van der Waals surface area contributed by atoms with E-state index in [4.69, 9.17) is 4.74 Å². The molecule has 58 heavy (non-hydrogen) atoms.